The molecule has 0 aromatic rings. The van der Waals surface area contributed by atoms with Crippen molar-refractivity contribution in [2.45, 2.75) is 97.4 Å². The zero-order valence-corrected chi connectivity index (χ0v) is 23.4. The lowest BCUT2D eigenvalue weighted by atomic mass is 9.62. The van der Waals surface area contributed by atoms with E-state index in [1.54, 1.807) is 0 Å². The van der Waals surface area contributed by atoms with Crippen molar-refractivity contribution in [2.24, 2.45) is 10.8 Å². The molecule has 3 rings (SSSR count). The molecule has 8 heteroatoms. The summed E-state index contributed by atoms with van der Waals surface area (Å²) in [4.78, 5) is 30.1. The molecular weight excluding hydrogens is 452 g/mol. The summed E-state index contributed by atoms with van der Waals surface area (Å²) in [6.45, 7) is 15.8. The van der Waals surface area contributed by atoms with E-state index < -0.39 is 0 Å². The number of likely N-dealkylation sites (tertiary alicyclic amines) is 2. The highest BCUT2D eigenvalue weighted by atomic mass is 16.2. The van der Waals surface area contributed by atoms with Crippen LogP contribution in [0.3, 0.4) is 0 Å². The quantitative estimate of drug-likeness (QED) is 0.320. The predicted molar refractivity (Wildman–Crippen MR) is 147 cm³/mol. The van der Waals surface area contributed by atoms with Gasteiger partial charge in [-0.25, -0.2) is 9.59 Å². The normalized spacial score (nSPS) is 27.2. The molecule has 0 bridgehead atoms. The third-order valence-electron chi connectivity index (χ3n) is 8.23. The Morgan fingerprint density at radius 1 is 0.722 bits per heavy atom. The lowest BCUT2D eigenvalue weighted by molar-refractivity contribution is 0.0749. The Kier molecular flexibility index (Phi) is 11.6. The average molecular weight is 507 g/mol. The van der Waals surface area contributed by atoms with Crippen LogP contribution in [0, 0.1) is 10.8 Å². The maximum absolute atomic E-state index is 12.6. The third kappa shape index (κ3) is 10.8. The van der Waals surface area contributed by atoms with Crippen LogP contribution in [0.1, 0.15) is 91.4 Å². The van der Waals surface area contributed by atoms with E-state index in [1.807, 2.05) is 0 Å². The van der Waals surface area contributed by atoms with Gasteiger partial charge in [-0.05, 0) is 108 Å². The van der Waals surface area contributed by atoms with Crippen LogP contribution in [-0.4, -0.2) is 86.8 Å². The van der Waals surface area contributed by atoms with Crippen LogP contribution in [0.25, 0.3) is 0 Å². The molecule has 2 heterocycles. The Morgan fingerprint density at radius 2 is 1.25 bits per heavy atom. The van der Waals surface area contributed by atoms with Crippen molar-refractivity contribution in [3.63, 3.8) is 0 Å². The van der Waals surface area contributed by atoms with E-state index in [0.717, 1.165) is 51.7 Å². The number of carbonyl (C=O) groups is 2. The van der Waals surface area contributed by atoms with Gasteiger partial charge in [0.2, 0.25) is 0 Å². The lowest BCUT2D eigenvalue weighted by Gasteiger charge is -2.46. The summed E-state index contributed by atoms with van der Waals surface area (Å²) in [5, 5.41) is 12.5. The highest BCUT2D eigenvalue weighted by Crippen LogP contribution is 2.45. The fourth-order valence-corrected chi connectivity index (χ4v) is 6.84. The molecular formula is C28H54N6O2. The van der Waals surface area contributed by atoms with Crippen molar-refractivity contribution < 1.29 is 9.59 Å². The Morgan fingerprint density at radius 3 is 1.81 bits per heavy atom. The molecule has 208 valence electrons. The van der Waals surface area contributed by atoms with Crippen LogP contribution in [0.15, 0.2) is 0 Å². The second-order valence-corrected chi connectivity index (χ2v) is 12.8. The van der Waals surface area contributed by atoms with Gasteiger partial charge in [-0.15, -0.1) is 0 Å². The van der Waals surface area contributed by atoms with Crippen molar-refractivity contribution in [3.8, 4) is 0 Å². The molecule has 2 saturated heterocycles. The molecule has 2 aliphatic heterocycles. The van der Waals surface area contributed by atoms with Crippen LogP contribution in [0.5, 0.6) is 0 Å². The molecule has 0 spiro atoms. The van der Waals surface area contributed by atoms with Gasteiger partial charge in [-0.1, -0.05) is 33.6 Å². The first-order chi connectivity index (χ1) is 17.2. The predicted octanol–water partition coefficient (Wildman–Crippen LogP) is 3.92. The van der Waals surface area contributed by atoms with Crippen LogP contribution >= 0.6 is 0 Å². The molecule has 1 aliphatic carbocycles. The fourth-order valence-electron chi connectivity index (χ4n) is 6.84. The van der Waals surface area contributed by atoms with Gasteiger partial charge in [0.15, 0.2) is 0 Å². The lowest BCUT2D eigenvalue weighted by Crippen LogP contribution is -2.53. The maximum Gasteiger partial charge on any atom is 0.315 e. The molecule has 4 N–H and O–H groups in total. The summed E-state index contributed by atoms with van der Waals surface area (Å²) in [6, 6.07) is -0.0115. The van der Waals surface area contributed by atoms with E-state index in [1.165, 1.54) is 64.7 Å². The Balaban J connectivity index is 1.32. The van der Waals surface area contributed by atoms with E-state index in [9.17, 15) is 9.59 Å². The molecule has 4 amide bonds. The van der Waals surface area contributed by atoms with E-state index in [0.29, 0.717) is 13.1 Å². The second-order valence-electron chi connectivity index (χ2n) is 12.8. The van der Waals surface area contributed by atoms with Crippen molar-refractivity contribution in [1.29, 1.82) is 0 Å². The highest BCUT2D eigenvalue weighted by molar-refractivity contribution is 5.74. The standard InChI is InChI=1S/C28H54N6O2/c1-27(2)20-24(32-26(36)30-13-11-19-34-16-8-5-9-17-34)21-28(3,22-27)23-31-25(35)29-12-10-18-33-14-6-4-7-15-33/h24H,4-23H2,1-3H3,(H2,29,31,35)(H2,30,32,36). The van der Waals surface area contributed by atoms with Crippen LogP contribution in [-0.2, 0) is 0 Å². The molecule has 2 atom stereocenters. The summed E-state index contributed by atoms with van der Waals surface area (Å²) in [5.41, 5.74) is 0.0743. The number of nitrogens with one attached hydrogen (secondary N) is 4. The van der Waals surface area contributed by atoms with Gasteiger partial charge in [0.25, 0.3) is 0 Å². The van der Waals surface area contributed by atoms with Crippen LogP contribution in [0.2, 0.25) is 0 Å². The zero-order valence-electron chi connectivity index (χ0n) is 23.4. The Labute approximate surface area is 220 Å². The molecule has 0 aromatic heterocycles. The van der Waals surface area contributed by atoms with Crippen molar-refractivity contribution in [2.75, 3.05) is 58.9 Å². The van der Waals surface area contributed by atoms with Crippen molar-refractivity contribution in [3.05, 3.63) is 0 Å². The number of piperidine rings is 2. The van der Waals surface area contributed by atoms with Crippen LogP contribution < -0.4 is 21.3 Å². The fraction of sp³-hybridized carbons (Fsp3) is 0.929. The minimum atomic E-state index is -0.0748. The molecule has 36 heavy (non-hydrogen) atoms. The smallest absolute Gasteiger partial charge is 0.315 e. The Bertz CT molecular complexity index is 675. The molecule has 8 nitrogen and oxygen atoms in total. The summed E-state index contributed by atoms with van der Waals surface area (Å²) in [7, 11) is 0. The average Bonchev–Trinajstić information content (AvgIpc) is 2.83. The SMILES string of the molecule is CC1(C)CC(NC(=O)NCCCN2CCCCC2)CC(C)(CNC(=O)NCCCN2CCCCC2)C1. The number of rotatable bonds is 11. The molecule has 3 fully saturated rings. The molecule has 3 aliphatic rings. The molecule has 2 unspecified atom stereocenters. The largest absolute Gasteiger partial charge is 0.338 e. The molecule has 1 saturated carbocycles. The van der Waals surface area contributed by atoms with Gasteiger partial charge in [-0.3, -0.25) is 0 Å². The topological polar surface area (TPSA) is 88.7 Å². The molecule has 0 aromatic carbocycles. The van der Waals surface area contributed by atoms with E-state index in [-0.39, 0.29) is 28.9 Å². The summed E-state index contributed by atoms with van der Waals surface area (Å²) >= 11 is 0. The van der Waals surface area contributed by atoms with E-state index in [4.69, 9.17) is 0 Å². The molecule has 0 radical (unpaired) electrons. The second kappa shape index (κ2) is 14.4. The van der Waals surface area contributed by atoms with Crippen molar-refractivity contribution in [1.82, 2.24) is 31.1 Å². The number of nitrogens with zero attached hydrogens (tertiary/aromatic N) is 2. The third-order valence-corrected chi connectivity index (χ3v) is 8.23. The van der Waals surface area contributed by atoms with Gasteiger partial charge >= 0.3 is 12.1 Å². The Hall–Kier alpha value is -1.54. The maximum atomic E-state index is 12.6. The van der Waals surface area contributed by atoms with Crippen LogP contribution in [0.4, 0.5) is 9.59 Å². The monoisotopic (exact) mass is 506 g/mol. The minimum Gasteiger partial charge on any atom is -0.338 e. The van der Waals surface area contributed by atoms with Gasteiger partial charge in [0, 0.05) is 25.7 Å². The van der Waals surface area contributed by atoms with Gasteiger partial charge < -0.3 is 31.1 Å². The summed E-state index contributed by atoms with van der Waals surface area (Å²) in [6.07, 6.45) is 12.8. The number of hydrogen-bond acceptors (Lipinski definition) is 4. The number of amides is 4. The first-order valence-electron chi connectivity index (χ1n) is 14.7. The number of carbonyl (C=O) groups excluding carboxylic acids is 2. The van der Waals surface area contributed by atoms with E-state index in [2.05, 4.69) is 51.8 Å². The van der Waals surface area contributed by atoms with Gasteiger partial charge in [-0.2, -0.15) is 0 Å². The summed E-state index contributed by atoms with van der Waals surface area (Å²) in [5.74, 6) is 0. The number of hydrogen-bond donors (Lipinski definition) is 4. The zero-order chi connectivity index (χ0) is 25.9. The van der Waals surface area contributed by atoms with Crippen molar-refractivity contribution >= 4 is 12.1 Å². The van der Waals surface area contributed by atoms with Gasteiger partial charge in [0.1, 0.15) is 0 Å². The number of urea groups is 2. The highest BCUT2D eigenvalue weighted by Gasteiger charge is 2.41. The van der Waals surface area contributed by atoms with Gasteiger partial charge in [0.05, 0.1) is 0 Å². The summed E-state index contributed by atoms with van der Waals surface area (Å²) < 4.78 is 0. The first-order valence-corrected chi connectivity index (χ1v) is 14.7. The van der Waals surface area contributed by atoms with E-state index >= 15 is 0 Å². The minimum absolute atomic E-state index is 0.0426. The first kappa shape index (κ1) is 29.0.